The fourth-order valence-electron chi connectivity index (χ4n) is 9.45. The third-order valence-corrected chi connectivity index (χ3v) is 14.3. The van der Waals surface area contributed by atoms with E-state index in [0.29, 0.717) is 30.4 Å². The third-order valence-electron chi connectivity index (χ3n) is 14.1. The maximum atomic E-state index is 12.9. The molecule has 4 fully saturated rings. The van der Waals surface area contributed by atoms with E-state index in [0.717, 1.165) is 126 Å². The molecule has 444 valence electrons. The van der Waals surface area contributed by atoms with Gasteiger partial charge in [-0.15, -0.1) is 0 Å². The molecule has 0 saturated carbocycles. The lowest BCUT2D eigenvalue weighted by Crippen LogP contribution is -2.45. The molecule has 6 aromatic carbocycles. The molecule has 0 spiro atoms. The molecule has 10 rings (SSSR count). The summed E-state index contributed by atoms with van der Waals surface area (Å²) in [5.74, 6) is -0.906. The number of aliphatic hydroxyl groups is 1. The second-order valence-electron chi connectivity index (χ2n) is 20.2. The molecule has 4 heterocycles. The van der Waals surface area contributed by atoms with Crippen LogP contribution in [0.3, 0.4) is 0 Å². The Morgan fingerprint density at radius 1 is 0.542 bits per heavy atom. The molecule has 4 aliphatic rings. The number of hydrogen-bond acceptors (Lipinski definition) is 10. The molecule has 6 aromatic rings. The van der Waals surface area contributed by atoms with Gasteiger partial charge in [-0.3, -0.25) is 14.4 Å². The highest BCUT2D eigenvalue weighted by atomic mass is 35.5. The molecule has 18 heteroatoms. The van der Waals surface area contributed by atoms with Crippen molar-refractivity contribution in [2.45, 2.75) is 95.3 Å². The minimum Gasteiger partial charge on any atom is -0.400 e. The number of nitrogens with two attached hydrogens (primary N) is 2. The van der Waals surface area contributed by atoms with Crippen LogP contribution in [0.25, 0.3) is 9.69 Å². The van der Waals surface area contributed by atoms with Crippen molar-refractivity contribution in [1.82, 2.24) is 10.6 Å². The lowest BCUT2D eigenvalue weighted by Gasteiger charge is -2.34. The van der Waals surface area contributed by atoms with Crippen LogP contribution < -0.4 is 36.8 Å². The van der Waals surface area contributed by atoms with Crippen molar-refractivity contribution in [3.8, 4) is 0 Å². The number of hydrogen-bond donors (Lipinski definition) is 5. The van der Waals surface area contributed by atoms with Gasteiger partial charge in [-0.25, -0.2) is 22.9 Å². The van der Waals surface area contributed by atoms with E-state index in [9.17, 15) is 27.6 Å². The predicted molar refractivity (Wildman–Crippen MR) is 330 cm³/mol. The summed E-state index contributed by atoms with van der Waals surface area (Å²) in [6, 6.07) is 42.3. The number of rotatable bonds is 12. The Hall–Kier alpha value is -7.77. The molecule has 0 aromatic heterocycles. The topological polar surface area (TPSA) is 175 Å². The largest absolute Gasteiger partial charge is 0.400 e. The van der Waals surface area contributed by atoms with E-state index in [1.54, 1.807) is 24.3 Å². The number of aliphatic hydroxyl groups excluding tert-OH is 1. The van der Waals surface area contributed by atoms with Crippen LogP contribution in [0.5, 0.6) is 0 Å². The van der Waals surface area contributed by atoms with Gasteiger partial charge in [-0.2, -0.15) is 0 Å². The highest BCUT2D eigenvalue weighted by molar-refractivity contribution is 6.63. The van der Waals surface area contributed by atoms with Gasteiger partial charge >= 0.3 is 0 Å². The zero-order chi connectivity index (χ0) is 61.8. The molecule has 0 radical (unpaired) electrons. The number of halogens is 4. The maximum Gasteiger partial charge on any atom is 0.226 e. The molecule has 4 aliphatic heterocycles. The Balaban J connectivity index is 0.000000295. The highest BCUT2D eigenvalue weighted by Crippen LogP contribution is 2.25. The first kappa shape index (κ1) is 64.4. The van der Waals surface area contributed by atoms with Crippen LogP contribution in [0.2, 0.25) is 0 Å². The standard InChI is InChI=1S/C20H24FN3O.C20H20FN3O.C12H15N3.C8H6ClFO.C4H8O.CH4O.2H2/c21-17-5-1-15(2-6-17)13-20(25)23-18-9-11-24(12-10-18)19-7-3-16(14-22)4-8-19;1-22-17-6-8-19(9-7-17)24-12-10-18(11-13-24)23-20(25)14-15-2-4-16(21)5-3-15;1-14-11-2-4-12(5-3-11)15-8-6-10(13)7-9-15;9-8(11)5-6-1-3-7(10)4-2-6;1-2-4-5-3-1;1-2;;/h1-8,18H,9-14,22H2,(H,23,25);2-9,18H,10-14H2,(H,23,25);2-5,10H,6-9,13H2;1-4H,5H2;1-4H2;2H,1H3;2*1H/i;;;;;;1+1D;1+1. The molecule has 0 bridgehead atoms. The summed E-state index contributed by atoms with van der Waals surface area (Å²) in [7, 11) is 1.00. The average Bonchev–Trinajstić information content (AvgIpc) is 4.23. The molecule has 0 aliphatic carbocycles. The van der Waals surface area contributed by atoms with Crippen molar-refractivity contribution in [3.05, 3.63) is 208 Å². The van der Waals surface area contributed by atoms with Crippen molar-refractivity contribution < 1.29 is 41.8 Å². The predicted octanol–water partition coefficient (Wildman–Crippen LogP) is 11.5. The Kier molecular flexibility index (Phi) is 28.4. The number of benzene rings is 6. The van der Waals surface area contributed by atoms with Gasteiger partial charge in [0.1, 0.15) is 17.5 Å². The first-order valence-electron chi connectivity index (χ1n) is 29.0. The van der Waals surface area contributed by atoms with Crippen LogP contribution in [0, 0.1) is 30.6 Å². The second-order valence-corrected chi connectivity index (χ2v) is 20.6. The third kappa shape index (κ3) is 24.7. The minimum atomic E-state index is -0.434. The summed E-state index contributed by atoms with van der Waals surface area (Å²) in [6.45, 7) is 22.1. The number of piperidine rings is 3. The van der Waals surface area contributed by atoms with E-state index < -0.39 is 5.24 Å². The first-order valence-corrected chi connectivity index (χ1v) is 28.4. The van der Waals surface area contributed by atoms with Gasteiger partial charge in [0, 0.05) is 112 Å². The molecular weight excluding hydrogens is 1080 g/mol. The summed E-state index contributed by atoms with van der Waals surface area (Å²) in [5, 5.41) is 12.7. The number of nitrogens with zero attached hydrogens (tertiary/aromatic N) is 5. The van der Waals surface area contributed by atoms with Gasteiger partial charge in [0.05, 0.1) is 26.0 Å². The van der Waals surface area contributed by atoms with Gasteiger partial charge in [0.15, 0.2) is 11.4 Å². The fraction of sp³-hybridized carbons (Fsp3) is 0.369. The summed E-state index contributed by atoms with van der Waals surface area (Å²) >= 11 is 5.12. The lowest BCUT2D eigenvalue weighted by atomic mass is 10.0. The van der Waals surface area contributed by atoms with Crippen LogP contribution in [0.15, 0.2) is 146 Å². The molecule has 7 N–H and O–H groups in total. The van der Waals surface area contributed by atoms with Crippen LogP contribution in [0.4, 0.5) is 41.6 Å². The van der Waals surface area contributed by atoms with E-state index in [1.807, 2.05) is 48.5 Å². The van der Waals surface area contributed by atoms with Crippen molar-refractivity contribution in [3.63, 3.8) is 0 Å². The number of nitrogens with one attached hydrogen (secondary N) is 2. The average molecular weight is 1160 g/mol. The van der Waals surface area contributed by atoms with E-state index in [-0.39, 0.29) is 55.6 Å². The van der Waals surface area contributed by atoms with Gasteiger partial charge in [-0.05, 0) is 158 Å². The van der Waals surface area contributed by atoms with Crippen LogP contribution in [-0.4, -0.2) is 99.9 Å². The van der Waals surface area contributed by atoms with E-state index in [4.69, 9.17) is 49.0 Å². The Bertz CT molecular complexity index is 2930. The maximum absolute atomic E-state index is 12.9. The van der Waals surface area contributed by atoms with Crippen LogP contribution in [-0.2, 0) is 44.9 Å². The smallest absolute Gasteiger partial charge is 0.226 e. The number of ether oxygens (including phenoxy) is 1. The Morgan fingerprint density at radius 3 is 1.13 bits per heavy atom. The SMILES string of the molecule is C1CCOC1.CO.NCc1ccc(N2CCC(NC(=O)Cc3ccc(F)cc3)CC2)cc1.O=C(Cl)Cc1ccc(F)cc1.[2HH].[2H][2H].[C-]#[N+]c1ccc(N2CCC(N)CC2)cc1.[C-]#[N+]c1ccc(N2CCC(NC(=O)Cc3ccc(F)cc3)CC2)cc1. The number of anilines is 3. The van der Waals surface area contributed by atoms with Crippen molar-refractivity contribution in [1.29, 1.82) is 0 Å². The van der Waals surface area contributed by atoms with Crippen LogP contribution >= 0.6 is 11.6 Å². The summed E-state index contributed by atoms with van der Waals surface area (Å²) in [5.41, 5.74) is 19.9. The second kappa shape index (κ2) is 36.6. The van der Waals surface area contributed by atoms with Gasteiger partial charge < -0.3 is 46.6 Å². The van der Waals surface area contributed by atoms with Crippen LogP contribution in [0.1, 0.15) is 78.0 Å². The number of carbonyl (C=O) groups is 3. The molecule has 0 unspecified atom stereocenters. The normalized spacial score (nSPS) is 15.1. The zero-order valence-corrected chi connectivity index (χ0v) is 48.0. The highest BCUT2D eigenvalue weighted by Gasteiger charge is 2.23. The minimum absolute atomic E-state index is 0. The Labute approximate surface area is 496 Å². The number of amides is 2. The summed E-state index contributed by atoms with van der Waals surface area (Å²) in [4.78, 5) is 48.4. The van der Waals surface area contributed by atoms with E-state index >= 15 is 0 Å². The molecule has 14 nitrogen and oxygen atoms in total. The monoisotopic (exact) mass is 1160 g/mol. The molecule has 2 amide bonds. The van der Waals surface area contributed by atoms with Gasteiger partial charge in [-0.1, -0.05) is 72.8 Å². The van der Waals surface area contributed by atoms with Crippen molar-refractivity contribution in [2.75, 3.05) is 74.3 Å². The fourth-order valence-corrected chi connectivity index (χ4v) is 9.60. The molecular formula is C65H81ClF3N9O5. The zero-order valence-electron chi connectivity index (χ0n) is 49.2. The summed E-state index contributed by atoms with van der Waals surface area (Å²) < 4.78 is 53.1. The lowest BCUT2D eigenvalue weighted by molar-refractivity contribution is -0.122. The Morgan fingerprint density at radius 2 is 0.843 bits per heavy atom. The quantitative estimate of drug-likeness (QED) is 0.0586. The van der Waals surface area contributed by atoms with Gasteiger partial charge in [0.25, 0.3) is 0 Å². The van der Waals surface area contributed by atoms with Crippen molar-refractivity contribution in [2.24, 2.45) is 11.5 Å². The first-order chi connectivity index (χ1) is 41.2. The van der Waals surface area contributed by atoms with E-state index in [1.165, 1.54) is 72.7 Å². The van der Waals surface area contributed by atoms with E-state index in [2.05, 4.69) is 59.3 Å². The number of carbonyl (C=O) groups excluding carboxylic acids is 3. The van der Waals surface area contributed by atoms with Crippen molar-refractivity contribution >= 4 is 57.1 Å². The van der Waals surface area contributed by atoms with Gasteiger partial charge in [0.2, 0.25) is 17.1 Å². The molecule has 0 atom stereocenters. The summed E-state index contributed by atoms with van der Waals surface area (Å²) in [6.07, 6.45) is 9.03. The molecule has 4 saturated heterocycles. The molecule has 83 heavy (non-hydrogen) atoms.